The second kappa shape index (κ2) is 4.91. The molecule has 98 valence electrons. The van der Waals surface area contributed by atoms with E-state index in [2.05, 4.69) is 14.8 Å². The second-order valence-corrected chi connectivity index (χ2v) is 6.30. The Morgan fingerprint density at radius 2 is 2.33 bits per heavy atom. The van der Waals surface area contributed by atoms with Crippen LogP contribution in [0, 0.1) is 11.8 Å². The van der Waals surface area contributed by atoms with Crippen LogP contribution in [0.15, 0.2) is 0 Å². The highest BCUT2D eigenvalue weighted by Crippen LogP contribution is 2.28. The largest absolute Gasteiger partial charge is 0.481 e. The third-order valence-electron chi connectivity index (χ3n) is 3.88. The number of aromatic nitrogens is 3. The molecule has 0 amide bonds. The van der Waals surface area contributed by atoms with Crippen LogP contribution in [0.25, 0.3) is 0 Å². The molecule has 1 aromatic heterocycles. The zero-order valence-corrected chi connectivity index (χ0v) is 11.0. The molecule has 2 atom stereocenters. The van der Waals surface area contributed by atoms with Gasteiger partial charge in [-0.15, -0.1) is 10.2 Å². The third kappa shape index (κ3) is 2.25. The Kier molecular flexibility index (Phi) is 3.28. The average molecular weight is 267 g/mol. The Balaban J connectivity index is 1.73. The van der Waals surface area contributed by atoms with Crippen LogP contribution in [0.4, 0.5) is 0 Å². The fourth-order valence-electron chi connectivity index (χ4n) is 2.75. The fourth-order valence-corrected chi connectivity index (χ4v) is 4.04. The summed E-state index contributed by atoms with van der Waals surface area (Å²) < 4.78 is 2.14. The smallest absolute Gasteiger partial charge is 0.307 e. The first kappa shape index (κ1) is 12.0. The maximum absolute atomic E-state index is 11.0. The number of hydrogen-bond donors (Lipinski definition) is 1. The van der Waals surface area contributed by atoms with Gasteiger partial charge in [0.1, 0.15) is 11.6 Å². The molecular weight excluding hydrogens is 250 g/mol. The molecule has 0 aromatic carbocycles. The molecule has 18 heavy (non-hydrogen) atoms. The van der Waals surface area contributed by atoms with E-state index in [9.17, 15) is 4.79 Å². The Morgan fingerprint density at radius 3 is 3.06 bits per heavy atom. The lowest BCUT2D eigenvalue weighted by Gasteiger charge is -2.21. The van der Waals surface area contributed by atoms with E-state index in [0.29, 0.717) is 12.8 Å². The van der Waals surface area contributed by atoms with Gasteiger partial charge in [0, 0.05) is 19.4 Å². The molecule has 2 unspecified atom stereocenters. The minimum absolute atomic E-state index is 0.281. The molecule has 2 aliphatic heterocycles. The topological polar surface area (TPSA) is 68.0 Å². The number of carboxylic acids is 1. The van der Waals surface area contributed by atoms with Gasteiger partial charge in [0.05, 0.1) is 5.92 Å². The Hall–Kier alpha value is -1.04. The summed E-state index contributed by atoms with van der Waals surface area (Å²) >= 11 is 2.01. The van der Waals surface area contributed by atoms with Gasteiger partial charge in [0.15, 0.2) is 0 Å². The summed E-state index contributed by atoms with van der Waals surface area (Å²) in [5.41, 5.74) is 0. The summed E-state index contributed by atoms with van der Waals surface area (Å²) in [5.74, 6) is 4.12. The van der Waals surface area contributed by atoms with Crippen LogP contribution < -0.4 is 0 Å². The Labute approximate surface area is 110 Å². The molecule has 1 fully saturated rings. The molecule has 0 bridgehead atoms. The number of aliphatic carboxylic acids is 1. The molecule has 0 saturated carbocycles. The molecule has 3 heterocycles. The van der Waals surface area contributed by atoms with Gasteiger partial charge in [-0.1, -0.05) is 0 Å². The lowest BCUT2D eigenvalue weighted by atomic mass is 9.97. The van der Waals surface area contributed by atoms with Gasteiger partial charge < -0.3 is 9.67 Å². The highest BCUT2D eigenvalue weighted by molar-refractivity contribution is 7.99. The summed E-state index contributed by atoms with van der Waals surface area (Å²) in [6.45, 7) is 0.758. The summed E-state index contributed by atoms with van der Waals surface area (Å²) in [7, 11) is 0. The fraction of sp³-hybridized carbons (Fsp3) is 0.750. The van der Waals surface area contributed by atoms with Crippen molar-refractivity contribution in [1.82, 2.24) is 14.8 Å². The molecular formula is C12H17N3O2S. The molecule has 5 nitrogen and oxygen atoms in total. The number of carbonyl (C=O) groups is 1. The lowest BCUT2D eigenvalue weighted by Crippen LogP contribution is -2.26. The average Bonchev–Trinajstić information content (AvgIpc) is 2.99. The first-order valence-electron chi connectivity index (χ1n) is 6.45. The molecule has 1 saturated heterocycles. The second-order valence-electron chi connectivity index (χ2n) is 5.15. The summed E-state index contributed by atoms with van der Waals surface area (Å²) in [6.07, 6.45) is 3.50. The quantitative estimate of drug-likeness (QED) is 0.892. The monoisotopic (exact) mass is 267 g/mol. The number of nitrogens with zero attached hydrogens (tertiary/aromatic N) is 3. The van der Waals surface area contributed by atoms with Gasteiger partial charge in [-0.25, -0.2) is 0 Å². The standard InChI is InChI=1S/C12H17N3O2S/c16-12(17)9-1-3-15-10(13-14-11(15)6-9)5-8-2-4-18-7-8/h8-9H,1-7H2,(H,16,17). The zero-order valence-electron chi connectivity index (χ0n) is 10.2. The van der Waals surface area contributed by atoms with Crippen molar-refractivity contribution >= 4 is 17.7 Å². The number of carboxylic acid groups (broad SMARTS) is 1. The van der Waals surface area contributed by atoms with Crippen molar-refractivity contribution < 1.29 is 9.90 Å². The maximum Gasteiger partial charge on any atom is 0.307 e. The molecule has 1 N–H and O–H groups in total. The number of thioether (sulfide) groups is 1. The van der Waals surface area contributed by atoms with E-state index < -0.39 is 5.97 Å². The Morgan fingerprint density at radius 1 is 1.44 bits per heavy atom. The van der Waals surface area contributed by atoms with Crippen molar-refractivity contribution in [3.63, 3.8) is 0 Å². The van der Waals surface area contributed by atoms with Crippen LogP contribution >= 0.6 is 11.8 Å². The van der Waals surface area contributed by atoms with E-state index in [0.717, 1.165) is 30.5 Å². The van der Waals surface area contributed by atoms with E-state index >= 15 is 0 Å². The molecule has 1 aromatic rings. The van der Waals surface area contributed by atoms with Crippen LogP contribution in [-0.2, 0) is 24.2 Å². The van der Waals surface area contributed by atoms with Crippen LogP contribution in [0.2, 0.25) is 0 Å². The van der Waals surface area contributed by atoms with E-state index in [4.69, 9.17) is 5.11 Å². The lowest BCUT2D eigenvalue weighted by molar-refractivity contribution is -0.142. The number of hydrogen-bond acceptors (Lipinski definition) is 4. The molecule has 0 spiro atoms. The van der Waals surface area contributed by atoms with Gasteiger partial charge in [0.2, 0.25) is 0 Å². The molecule has 2 aliphatic rings. The number of fused-ring (bicyclic) bond motifs is 1. The minimum Gasteiger partial charge on any atom is -0.481 e. The van der Waals surface area contributed by atoms with Crippen molar-refractivity contribution in [1.29, 1.82) is 0 Å². The SMILES string of the molecule is O=C(O)C1CCn2c(CC3CCSC3)nnc2C1. The first-order chi connectivity index (χ1) is 8.74. The first-order valence-corrected chi connectivity index (χ1v) is 7.61. The molecule has 0 aliphatic carbocycles. The van der Waals surface area contributed by atoms with E-state index in [1.165, 1.54) is 17.9 Å². The highest BCUT2D eigenvalue weighted by Gasteiger charge is 2.28. The van der Waals surface area contributed by atoms with Crippen LogP contribution in [0.5, 0.6) is 0 Å². The maximum atomic E-state index is 11.0. The zero-order chi connectivity index (χ0) is 12.5. The van der Waals surface area contributed by atoms with E-state index in [-0.39, 0.29) is 5.92 Å². The van der Waals surface area contributed by atoms with Crippen LogP contribution in [0.3, 0.4) is 0 Å². The summed E-state index contributed by atoms with van der Waals surface area (Å²) in [5, 5.41) is 17.5. The van der Waals surface area contributed by atoms with Crippen molar-refractivity contribution in [2.24, 2.45) is 11.8 Å². The van der Waals surface area contributed by atoms with Crippen molar-refractivity contribution in [3.8, 4) is 0 Å². The van der Waals surface area contributed by atoms with Gasteiger partial charge in [0.25, 0.3) is 0 Å². The third-order valence-corrected chi connectivity index (χ3v) is 5.11. The van der Waals surface area contributed by atoms with Crippen LogP contribution in [-0.4, -0.2) is 37.3 Å². The highest BCUT2D eigenvalue weighted by atomic mass is 32.2. The van der Waals surface area contributed by atoms with Crippen LogP contribution in [0.1, 0.15) is 24.5 Å². The van der Waals surface area contributed by atoms with E-state index in [1.807, 2.05) is 11.8 Å². The Bertz CT molecular complexity index is 454. The minimum atomic E-state index is -0.710. The van der Waals surface area contributed by atoms with Gasteiger partial charge in [-0.2, -0.15) is 11.8 Å². The van der Waals surface area contributed by atoms with Gasteiger partial charge in [-0.05, 0) is 30.3 Å². The summed E-state index contributed by atoms with van der Waals surface area (Å²) in [6, 6.07) is 0. The van der Waals surface area contributed by atoms with Crippen molar-refractivity contribution in [2.75, 3.05) is 11.5 Å². The van der Waals surface area contributed by atoms with Crippen molar-refractivity contribution in [2.45, 2.75) is 32.2 Å². The van der Waals surface area contributed by atoms with Gasteiger partial charge >= 0.3 is 5.97 Å². The normalized spacial score (nSPS) is 27.1. The molecule has 6 heteroatoms. The summed E-state index contributed by atoms with van der Waals surface area (Å²) in [4.78, 5) is 11.0. The number of rotatable bonds is 3. The molecule has 3 rings (SSSR count). The molecule has 0 radical (unpaired) electrons. The van der Waals surface area contributed by atoms with Gasteiger partial charge in [-0.3, -0.25) is 4.79 Å². The van der Waals surface area contributed by atoms with Crippen molar-refractivity contribution in [3.05, 3.63) is 11.6 Å². The predicted octanol–water partition coefficient (Wildman–Crippen LogP) is 1.22. The van der Waals surface area contributed by atoms with E-state index in [1.54, 1.807) is 0 Å². The predicted molar refractivity (Wildman–Crippen MR) is 68.6 cm³/mol.